The average Bonchev–Trinajstić information content (AvgIpc) is 2.48. The van der Waals surface area contributed by atoms with Crippen LogP contribution < -0.4 is 0 Å². The van der Waals surface area contributed by atoms with Crippen LogP contribution in [0.5, 0.6) is 5.75 Å². The van der Waals surface area contributed by atoms with Gasteiger partial charge in [0, 0.05) is 6.54 Å². The number of rotatable bonds is 2. The van der Waals surface area contributed by atoms with E-state index in [1.54, 1.807) is 0 Å². The lowest BCUT2D eigenvalue weighted by Crippen LogP contribution is -2.25. The molecule has 1 N–H and O–H groups in total. The van der Waals surface area contributed by atoms with Crippen molar-refractivity contribution in [1.29, 1.82) is 0 Å². The van der Waals surface area contributed by atoms with Crippen LogP contribution in [-0.4, -0.2) is 23.1 Å². The predicted octanol–water partition coefficient (Wildman–Crippen LogP) is 3.68. The number of aromatic hydroxyl groups is 1. The van der Waals surface area contributed by atoms with Crippen LogP contribution in [0, 0.1) is 17.0 Å². The van der Waals surface area contributed by atoms with Crippen molar-refractivity contribution in [2.45, 2.75) is 39.7 Å². The summed E-state index contributed by atoms with van der Waals surface area (Å²) in [5.41, 5.74) is 0.924. The molecule has 0 aliphatic carbocycles. The summed E-state index contributed by atoms with van der Waals surface area (Å²) in [6, 6.07) is 2.43. The normalized spacial score (nSPS) is 20.2. The van der Waals surface area contributed by atoms with Crippen molar-refractivity contribution in [3.05, 3.63) is 29.3 Å². The van der Waals surface area contributed by atoms with E-state index in [1.807, 2.05) is 0 Å². The molecule has 0 amide bonds. The summed E-state index contributed by atoms with van der Waals surface area (Å²) in [6.07, 6.45) is 3.38. The summed E-state index contributed by atoms with van der Waals surface area (Å²) >= 11 is 0. The number of phenols is 1. The molecular formula is C15H21F2NO. The van der Waals surface area contributed by atoms with Gasteiger partial charge in [0.25, 0.3) is 0 Å². The van der Waals surface area contributed by atoms with Gasteiger partial charge in [-0.1, -0.05) is 13.8 Å². The maximum absolute atomic E-state index is 13.3. The number of halogens is 2. The maximum Gasteiger partial charge on any atom is 0.187 e. The number of likely N-dealkylation sites (tertiary alicyclic amines) is 1. The Hall–Kier alpha value is -1.16. The first-order valence-electron chi connectivity index (χ1n) is 6.77. The Balaban J connectivity index is 2.05. The summed E-state index contributed by atoms with van der Waals surface area (Å²) in [6.45, 7) is 6.95. The predicted molar refractivity (Wildman–Crippen MR) is 70.9 cm³/mol. The summed E-state index contributed by atoms with van der Waals surface area (Å²) in [4.78, 5) is 2.22. The highest BCUT2D eigenvalue weighted by Gasteiger charge is 2.23. The van der Waals surface area contributed by atoms with Gasteiger partial charge in [-0.25, -0.2) is 8.78 Å². The third-order valence-corrected chi connectivity index (χ3v) is 3.92. The Morgan fingerprint density at radius 3 is 2.42 bits per heavy atom. The molecule has 1 fully saturated rings. The lowest BCUT2D eigenvalue weighted by molar-refractivity contribution is 0.255. The largest absolute Gasteiger partial charge is 0.503 e. The molecule has 1 saturated heterocycles. The van der Waals surface area contributed by atoms with E-state index in [4.69, 9.17) is 5.11 Å². The molecule has 0 saturated carbocycles. The van der Waals surface area contributed by atoms with Crippen LogP contribution in [0.2, 0.25) is 0 Å². The fourth-order valence-corrected chi connectivity index (χ4v) is 2.60. The van der Waals surface area contributed by atoms with Gasteiger partial charge in [-0.2, -0.15) is 0 Å². The van der Waals surface area contributed by atoms with Gasteiger partial charge in [-0.15, -0.1) is 0 Å². The lowest BCUT2D eigenvalue weighted by atomic mass is 9.85. The van der Waals surface area contributed by atoms with E-state index < -0.39 is 17.4 Å². The van der Waals surface area contributed by atoms with E-state index >= 15 is 0 Å². The van der Waals surface area contributed by atoms with E-state index in [1.165, 1.54) is 18.6 Å². The Morgan fingerprint density at radius 2 is 1.79 bits per heavy atom. The minimum atomic E-state index is -0.888. The average molecular weight is 269 g/mol. The lowest BCUT2D eigenvalue weighted by Gasteiger charge is -2.23. The van der Waals surface area contributed by atoms with Crippen LogP contribution in [0.3, 0.4) is 0 Å². The summed E-state index contributed by atoms with van der Waals surface area (Å²) < 4.78 is 26.6. The fraction of sp³-hybridized carbons (Fsp3) is 0.600. The van der Waals surface area contributed by atoms with E-state index in [0.29, 0.717) is 17.5 Å². The molecule has 2 rings (SSSR count). The maximum atomic E-state index is 13.3. The van der Waals surface area contributed by atoms with Crippen molar-refractivity contribution < 1.29 is 13.9 Å². The second kappa shape index (κ2) is 5.45. The van der Waals surface area contributed by atoms with Crippen LogP contribution in [0.1, 0.15) is 38.7 Å². The van der Waals surface area contributed by atoms with Crippen molar-refractivity contribution >= 4 is 0 Å². The van der Waals surface area contributed by atoms with Gasteiger partial charge in [0.15, 0.2) is 17.4 Å². The number of benzene rings is 1. The topological polar surface area (TPSA) is 23.5 Å². The number of nitrogens with zero attached hydrogens (tertiary/aromatic N) is 1. The van der Waals surface area contributed by atoms with Crippen molar-refractivity contribution in [3.8, 4) is 5.75 Å². The number of phenolic OH excluding ortho intramolecular Hbond substituents is 1. The van der Waals surface area contributed by atoms with Crippen LogP contribution in [0.4, 0.5) is 8.78 Å². The zero-order valence-electron chi connectivity index (χ0n) is 11.5. The Labute approximate surface area is 113 Å². The molecule has 1 aliphatic rings. The molecule has 106 valence electrons. The molecule has 0 spiro atoms. The summed E-state index contributed by atoms with van der Waals surface area (Å²) in [5, 5.41) is 9.09. The first-order valence-corrected chi connectivity index (χ1v) is 6.77. The van der Waals surface area contributed by atoms with Crippen LogP contribution in [-0.2, 0) is 6.54 Å². The summed E-state index contributed by atoms with van der Waals surface area (Å²) in [5.74, 6) is -2.66. The van der Waals surface area contributed by atoms with Crippen molar-refractivity contribution in [1.82, 2.24) is 4.90 Å². The molecule has 1 aliphatic heterocycles. The van der Waals surface area contributed by atoms with Crippen molar-refractivity contribution in [2.24, 2.45) is 5.41 Å². The van der Waals surface area contributed by atoms with Gasteiger partial charge in [0.2, 0.25) is 0 Å². The molecule has 0 unspecified atom stereocenters. The van der Waals surface area contributed by atoms with E-state index in [-0.39, 0.29) is 0 Å². The second-order valence-electron chi connectivity index (χ2n) is 6.20. The van der Waals surface area contributed by atoms with Gasteiger partial charge in [0.05, 0.1) is 0 Å². The first-order chi connectivity index (χ1) is 8.87. The third-order valence-electron chi connectivity index (χ3n) is 3.92. The van der Waals surface area contributed by atoms with E-state index in [2.05, 4.69) is 18.7 Å². The van der Waals surface area contributed by atoms with Gasteiger partial charge in [0.1, 0.15) is 0 Å². The zero-order valence-corrected chi connectivity index (χ0v) is 11.5. The third kappa shape index (κ3) is 3.66. The molecule has 2 nitrogen and oxygen atoms in total. The number of hydrogen-bond acceptors (Lipinski definition) is 2. The quantitative estimate of drug-likeness (QED) is 0.885. The van der Waals surface area contributed by atoms with Crippen LogP contribution in [0.25, 0.3) is 0 Å². The highest BCUT2D eigenvalue weighted by atomic mass is 19.1. The minimum absolute atomic E-state index is 0.347. The highest BCUT2D eigenvalue weighted by molar-refractivity contribution is 5.30. The van der Waals surface area contributed by atoms with Crippen molar-refractivity contribution in [2.75, 3.05) is 13.1 Å². The molecule has 0 bridgehead atoms. The molecular weight excluding hydrogens is 248 g/mol. The van der Waals surface area contributed by atoms with Crippen LogP contribution in [0.15, 0.2) is 12.1 Å². The van der Waals surface area contributed by atoms with E-state index in [0.717, 1.165) is 25.9 Å². The summed E-state index contributed by atoms with van der Waals surface area (Å²) in [7, 11) is 0. The number of hydrogen-bond donors (Lipinski definition) is 1. The molecule has 1 heterocycles. The van der Waals surface area contributed by atoms with Gasteiger partial charge < -0.3 is 5.11 Å². The molecule has 1 aromatic rings. The second-order valence-corrected chi connectivity index (χ2v) is 6.20. The van der Waals surface area contributed by atoms with Crippen LogP contribution >= 0.6 is 0 Å². The molecule has 1 aromatic carbocycles. The zero-order chi connectivity index (χ0) is 14.0. The molecule has 0 aromatic heterocycles. The monoisotopic (exact) mass is 269 g/mol. The minimum Gasteiger partial charge on any atom is -0.503 e. The Bertz CT molecular complexity index is 436. The smallest absolute Gasteiger partial charge is 0.187 e. The Morgan fingerprint density at radius 1 is 1.16 bits per heavy atom. The highest BCUT2D eigenvalue weighted by Crippen LogP contribution is 2.30. The molecule has 0 radical (unpaired) electrons. The van der Waals surface area contributed by atoms with Gasteiger partial charge in [-0.05, 0) is 55.5 Å². The molecule has 0 atom stereocenters. The van der Waals surface area contributed by atoms with Gasteiger partial charge >= 0.3 is 0 Å². The SMILES string of the molecule is CC1(C)CCCN(Cc2cc(F)c(O)c(F)c2)CC1. The van der Waals surface area contributed by atoms with Crippen molar-refractivity contribution in [3.63, 3.8) is 0 Å². The Kier molecular flexibility index (Phi) is 4.09. The first kappa shape index (κ1) is 14.3. The van der Waals surface area contributed by atoms with Gasteiger partial charge in [-0.3, -0.25) is 4.90 Å². The molecule has 4 heteroatoms. The fourth-order valence-electron chi connectivity index (χ4n) is 2.60. The standard InChI is InChI=1S/C15H21F2NO/c1-15(2)4-3-6-18(7-5-15)10-11-8-12(16)14(19)13(17)9-11/h8-9,19H,3-7,10H2,1-2H3. The van der Waals surface area contributed by atoms with E-state index in [9.17, 15) is 8.78 Å². The molecule has 19 heavy (non-hydrogen) atoms.